The van der Waals surface area contributed by atoms with Crippen LogP contribution in [0.1, 0.15) is 31.2 Å². The Hall–Kier alpha value is -1.55. The lowest BCUT2D eigenvalue weighted by molar-refractivity contribution is -0.167. The van der Waals surface area contributed by atoms with Crippen LogP contribution >= 0.6 is 0 Å². The van der Waals surface area contributed by atoms with E-state index < -0.39 is 0 Å². The molecular weight excluding hydrogens is 254 g/mol. The van der Waals surface area contributed by atoms with Crippen molar-refractivity contribution in [2.75, 3.05) is 6.54 Å². The Bertz CT molecular complexity index is 470. The summed E-state index contributed by atoms with van der Waals surface area (Å²) in [6.07, 6.45) is 3.66. The van der Waals surface area contributed by atoms with E-state index >= 15 is 0 Å². The van der Waals surface area contributed by atoms with Crippen LogP contribution in [-0.4, -0.2) is 23.8 Å². The lowest BCUT2D eigenvalue weighted by Gasteiger charge is -2.59. The van der Waals surface area contributed by atoms with Crippen molar-refractivity contribution in [1.29, 1.82) is 0 Å². The number of aliphatic hydroxyl groups excluding tert-OH is 1. The second-order valence-electron chi connectivity index (χ2n) is 5.98. The molecule has 4 heteroatoms. The quantitative estimate of drug-likeness (QED) is 0.887. The van der Waals surface area contributed by atoms with E-state index in [9.17, 15) is 9.90 Å². The molecule has 4 nitrogen and oxygen atoms in total. The van der Waals surface area contributed by atoms with E-state index in [0.717, 1.165) is 24.8 Å². The van der Waals surface area contributed by atoms with Gasteiger partial charge in [-0.05, 0) is 30.7 Å². The molecular formula is C16H21NO3. The summed E-state index contributed by atoms with van der Waals surface area (Å²) in [7, 11) is 0. The molecule has 0 aliphatic heterocycles. The Labute approximate surface area is 119 Å². The number of amides is 1. The van der Waals surface area contributed by atoms with E-state index in [0.29, 0.717) is 19.1 Å². The number of hydrogen-bond donors (Lipinski definition) is 2. The standard InChI is InChI=1S/C16H21NO3/c18-14-9-13(16(14)7-4-8-16)10-17-15(19)20-11-12-5-2-1-3-6-12/h1-3,5-6,13-14,18H,4,7-11H2,(H,17,19). The molecule has 2 unspecified atom stereocenters. The Morgan fingerprint density at radius 2 is 2.10 bits per heavy atom. The van der Waals surface area contributed by atoms with Gasteiger partial charge >= 0.3 is 6.09 Å². The predicted octanol–water partition coefficient (Wildman–Crippen LogP) is 2.46. The van der Waals surface area contributed by atoms with Crippen molar-refractivity contribution in [2.45, 2.75) is 38.4 Å². The molecule has 2 N–H and O–H groups in total. The minimum atomic E-state index is -0.371. The first-order valence-corrected chi connectivity index (χ1v) is 7.33. The number of benzene rings is 1. The van der Waals surface area contributed by atoms with Crippen molar-refractivity contribution < 1.29 is 14.6 Å². The van der Waals surface area contributed by atoms with Gasteiger partial charge in [-0.1, -0.05) is 36.8 Å². The summed E-state index contributed by atoms with van der Waals surface area (Å²) in [6.45, 7) is 0.912. The van der Waals surface area contributed by atoms with Crippen LogP contribution in [0.2, 0.25) is 0 Å². The van der Waals surface area contributed by atoms with Gasteiger partial charge in [0.25, 0.3) is 0 Å². The van der Waals surface area contributed by atoms with Crippen LogP contribution in [-0.2, 0) is 11.3 Å². The summed E-state index contributed by atoms with van der Waals surface area (Å²) in [5, 5.41) is 12.7. The number of carbonyl (C=O) groups is 1. The van der Waals surface area contributed by atoms with Crippen LogP contribution in [0.5, 0.6) is 0 Å². The van der Waals surface area contributed by atoms with Gasteiger partial charge in [-0.3, -0.25) is 0 Å². The fourth-order valence-corrected chi connectivity index (χ4v) is 3.44. The van der Waals surface area contributed by atoms with Crippen molar-refractivity contribution >= 4 is 6.09 Å². The molecule has 1 aromatic rings. The number of aliphatic hydroxyl groups is 1. The molecule has 1 aromatic carbocycles. The number of hydrogen-bond acceptors (Lipinski definition) is 3. The highest BCUT2D eigenvalue weighted by Gasteiger charge is 2.57. The van der Waals surface area contributed by atoms with Crippen LogP contribution in [0.15, 0.2) is 30.3 Å². The summed E-state index contributed by atoms with van der Waals surface area (Å²) in [4.78, 5) is 11.7. The van der Waals surface area contributed by atoms with Crippen LogP contribution < -0.4 is 5.32 Å². The molecule has 0 bridgehead atoms. The van der Waals surface area contributed by atoms with Crippen molar-refractivity contribution in [3.8, 4) is 0 Å². The van der Waals surface area contributed by atoms with Crippen molar-refractivity contribution in [3.05, 3.63) is 35.9 Å². The number of nitrogens with one attached hydrogen (secondary N) is 1. The summed E-state index contributed by atoms with van der Waals surface area (Å²) in [5.74, 6) is 0.413. The highest BCUT2D eigenvalue weighted by Crippen LogP contribution is 2.59. The van der Waals surface area contributed by atoms with E-state index in [1.807, 2.05) is 30.3 Å². The molecule has 3 rings (SSSR count). The van der Waals surface area contributed by atoms with Gasteiger partial charge in [0.15, 0.2) is 0 Å². The lowest BCUT2D eigenvalue weighted by atomic mass is 9.48. The number of rotatable bonds is 4. The number of alkyl carbamates (subject to hydrolysis) is 1. The van der Waals surface area contributed by atoms with Gasteiger partial charge in [-0.25, -0.2) is 4.79 Å². The van der Waals surface area contributed by atoms with Gasteiger partial charge in [0.2, 0.25) is 0 Å². The molecule has 0 aromatic heterocycles. The van der Waals surface area contributed by atoms with E-state index in [1.165, 1.54) is 6.42 Å². The Morgan fingerprint density at radius 3 is 2.70 bits per heavy atom. The minimum absolute atomic E-state index is 0.104. The first kappa shape index (κ1) is 13.4. The molecule has 0 radical (unpaired) electrons. The third kappa shape index (κ3) is 2.40. The maximum absolute atomic E-state index is 11.7. The first-order valence-electron chi connectivity index (χ1n) is 7.33. The fraction of sp³-hybridized carbons (Fsp3) is 0.562. The van der Waals surface area contributed by atoms with E-state index in [1.54, 1.807) is 0 Å². The average Bonchev–Trinajstić information content (AvgIpc) is 2.40. The monoisotopic (exact) mass is 275 g/mol. The molecule has 2 aliphatic carbocycles. The normalized spacial score (nSPS) is 26.4. The molecule has 1 amide bonds. The summed E-state index contributed by atoms with van der Waals surface area (Å²) >= 11 is 0. The molecule has 2 fully saturated rings. The molecule has 108 valence electrons. The molecule has 2 aliphatic rings. The zero-order valence-electron chi connectivity index (χ0n) is 11.5. The van der Waals surface area contributed by atoms with Crippen molar-refractivity contribution in [1.82, 2.24) is 5.32 Å². The van der Waals surface area contributed by atoms with Gasteiger partial charge in [0, 0.05) is 12.0 Å². The van der Waals surface area contributed by atoms with Crippen LogP contribution in [0.25, 0.3) is 0 Å². The lowest BCUT2D eigenvalue weighted by Crippen LogP contribution is -2.60. The largest absolute Gasteiger partial charge is 0.445 e. The molecule has 20 heavy (non-hydrogen) atoms. The Kier molecular flexibility index (Phi) is 3.66. The highest BCUT2D eigenvalue weighted by atomic mass is 16.5. The average molecular weight is 275 g/mol. The van der Waals surface area contributed by atoms with E-state index in [2.05, 4.69) is 5.32 Å². The Balaban J connectivity index is 1.40. The maximum atomic E-state index is 11.7. The van der Waals surface area contributed by atoms with Crippen LogP contribution in [0.3, 0.4) is 0 Å². The van der Waals surface area contributed by atoms with Gasteiger partial charge < -0.3 is 15.2 Å². The molecule has 0 saturated heterocycles. The van der Waals surface area contributed by atoms with E-state index in [-0.39, 0.29) is 17.6 Å². The van der Waals surface area contributed by atoms with Crippen LogP contribution in [0.4, 0.5) is 4.79 Å². The third-order valence-electron chi connectivity index (χ3n) is 4.97. The molecule has 2 saturated carbocycles. The highest BCUT2D eigenvalue weighted by molar-refractivity contribution is 5.67. The second-order valence-corrected chi connectivity index (χ2v) is 5.98. The van der Waals surface area contributed by atoms with Crippen molar-refractivity contribution in [3.63, 3.8) is 0 Å². The molecule has 2 atom stereocenters. The van der Waals surface area contributed by atoms with Gasteiger partial charge in [-0.2, -0.15) is 0 Å². The summed E-state index contributed by atoms with van der Waals surface area (Å²) in [6, 6.07) is 9.64. The minimum Gasteiger partial charge on any atom is -0.445 e. The second kappa shape index (κ2) is 5.44. The van der Waals surface area contributed by atoms with Gasteiger partial charge in [0.05, 0.1) is 6.10 Å². The van der Waals surface area contributed by atoms with Crippen molar-refractivity contribution in [2.24, 2.45) is 11.3 Å². The summed E-state index contributed by atoms with van der Waals surface area (Å²) < 4.78 is 5.18. The fourth-order valence-electron chi connectivity index (χ4n) is 3.44. The predicted molar refractivity (Wildman–Crippen MR) is 75.0 cm³/mol. The number of ether oxygens (including phenoxy) is 1. The zero-order valence-corrected chi connectivity index (χ0v) is 11.5. The first-order chi connectivity index (χ1) is 9.71. The topological polar surface area (TPSA) is 58.6 Å². The zero-order chi connectivity index (χ0) is 14.0. The molecule has 0 heterocycles. The SMILES string of the molecule is O=C(NCC1CC(O)C12CCC2)OCc1ccccc1. The third-order valence-corrected chi connectivity index (χ3v) is 4.97. The van der Waals surface area contributed by atoms with Crippen LogP contribution in [0, 0.1) is 11.3 Å². The van der Waals surface area contributed by atoms with E-state index in [4.69, 9.17) is 4.74 Å². The maximum Gasteiger partial charge on any atom is 0.407 e. The van der Waals surface area contributed by atoms with Gasteiger partial charge in [0.1, 0.15) is 6.61 Å². The summed E-state index contributed by atoms with van der Waals surface area (Å²) in [5.41, 5.74) is 1.09. The van der Waals surface area contributed by atoms with Gasteiger partial charge in [-0.15, -0.1) is 0 Å². The Morgan fingerprint density at radius 1 is 1.35 bits per heavy atom. The molecule has 1 spiro atoms. The smallest absolute Gasteiger partial charge is 0.407 e. The number of carbonyl (C=O) groups excluding carboxylic acids is 1.